The predicted molar refractivity (Wildman–Crippen MR) is 79.4 cm³/mol. The zero-order valence-electron chi connectivity index (χ0n) is 11.6. The van der Waals surface area contributed by atoms with Crippen LogP contribution in [0.4, 0.5) is 0 Å². The second-order valence-electron chi connectivity index (χ2n) is 5.00. The number of benzene rings is 1. The van der Waals surface area contributed by atoms with Gasteiger partial charge in [-0.25, -0.2) is 0 Å². The highest BCUT2D eigenvalue weighted by Gasteiger charge is 2.06. The number of rotatable bonds is 7. The van der Waals surface area contributed by atoms with Crippen molar-refractivity contribution in [1.82, 2.24) is 4.98 Å². The number of fused-ring (bicyclic) bond motifs is 1. The number of nitrogens with zero attached hydrogens (tertiary/aromatic N) is 1. The summed E-state index contributed by atoms with van der Waals surface area (Å²) >= 11 is 0. The first-order chi connectivity index (χ1) is 9.31. The van der Waals surface area contributed by atoms with E-state index >= 15 is 0 Å². The molecule has 0 N–H and O–H groups in total. The Labute approximate surface area is 114 Å². The van der Waals surface area contributed by atoms with Crippen molar-refractivity contribution in [2.24, 2.45) is 0 Å². The molecule has 19 heavy (non-hydrogen) atoms. The van der Waals surface area contributed by atoms with E-state index in [9.17, 15) is 4.79 Å². The van der Waals surface area contributed by atoms with Gasteiger partial charge in [-0.2, -0.15) is 0 Å². The number of pyridine rings is 1. The van der Waals surface area contributed by atoms with Gasteiger partial charge in [-0.1, -0.05) is 50.8 Å². The Morgan fingerprint density at radius 2 is 1.95 bits per heavy atom. The summed E-state index contributed by atoms with van der Waals surface area (Å²) < 4.78 is 0. The predicted octanol–water partition coefficient (Wildman–Crippen LogP) is 4.78. The normalized spacial score (nSPS) is 10.8. The quantitative estimate of drug-likeness (QED) is 0.526. The van der Waals surface area contributed by atoms with E-state index in [0.29, 0.717) is 6.42 Å². The van der Waals surface area contributed by atoms with Gasteiger partial charge in [0.05, 0.1) is 5.52 Å². The zero-order chi connectivity index (χ0) is 13.5. The lowest BCUT2D eigenvalue weighted by atomic mass is 10.0. The molecular weight excluding hydrogens is 234 g/mol. The molecule has 0 aliphatic carbocycles. The molecule has 0 amide bonds. The first kappa shape index (κ1) is 13.7. The summed E-state index contributed by atoms with van der Waals surface area (Å²) in [6, 6.07) is 9.73. The van der Waals surface area contributed by atoms with Crippen LogP contribution in [0.2, 0.25) is 0 Å². The number of hydrogen-bond donors (Lipinski definition) is 0. The molecule has 0 spiro atoms. The number of ketones is 1. The largest absolute Gasteiger partial charge is 0.294 e. The van der Waals surface area contributed by atoms with Gasteiger partial charge in [0, 0.05) is 23.6 Å². The maximum Gasteiger partial charge on any atom is 0.162 e. The summed E-state index contributed by atoms with van der Waals surface area (Å²) in [5.74, 6) is 0.240. The molecule has 1 heterocycles. The monoisotopic (exact) mass is 255 g/mol. The van der Waals surface area contributed by atoms with Crippen LogP contribution in [0.15, 0.2) is 36.5 Å². The molecule has 2 aromatic rings. The highest BCUT2D eigenvalue weighted by molar-refractivity contribution is 5.99. The van der Waals surface area contributed by atoms with Crippen LogP contribution in [0.1, 0.15) is 55.8 Å². The Kier molecular flexibility index (Phi) is 5.08. The van der Waals surface area contributed by atoms with Gasteiger partial charge in [0.15, 0.2) is 5.78 Å². The molecular formula is C17H21NO. The molecule has 0 saturated heterocycles. The Morgan fingerprint density at radius 1 is 1.11 bits per heavy atom. The maximum absolute atomic E-state index is 12.1. The van der Waals surface area contributed by atoms with Gasteiger partial charge >= 0.3 is 0 Å². The molecule has 2 nitrogen and oxygen atoms in total. The van der Waals surface area contributed by atoms with Gasteiger partial charge in [-0.05, 0) is 18.6 Å². The van der Waals surface area contributed by atoms with E-state index in [-0.39, 0.29) is 5.78 Å². The van der Waals surface area contributed by atoms with Gasteiger partial charge < -0.3 is 0 Å². The SMILES string of the molecule is CCCCCCCC(=O)c1ccc2cccnc2c1. The first-order valence-corrected chi connectivity index (χ1v) is 7.19. The fourth-order valence-electron chi connectivity index (χ4n) is 2.27. The van der Waals surface area contributed by atoms with E-state index in [2.05, 4.69) is 11.9 Å². The lowest BCUT2D eigenvalue weighted by Crippen LogP contribution is -1.99. The molecule has 2 heteroatoms. The number of carbonyl (C=O) groups excluding carboxylic acids is 1. The number of carbonyl (C=O) groups is 1. The Bertz CT molecular complexity index is 548. The molecule has 0 aliphatic rings. The van der Waals surface area contributed by atoms with Crippen molar-refractivity contribution >= 4 is 16.7 Å². The Balaban J connectivity index is 1.93. The molecule has 0 atom stereocenters. The van der Waals surface area contributed by atoms with Crippen LogP contribution < -0.4 is 0 Å². The third-order valence-corrected chi connectivity index (χ3v) is 3.44. The average molecular weight is 255 g/mol. The Morgan fingerprint density at radius 3 is 2.79 bits per heavy atom. The fourth-order valence-corrected chi connectivity index (χ4v) is 2.27. The van der Waals surface area contributed by atoms with E-state index in [1.54, 1.807) is 6.20 Å². The third-order valence-electron chi connectivity index (χ3n) is 3.44. The molecule has 0 fully saturated rings. The van der Waals surface area contributed by atoms with Gasteiger partial charge in [0.1, 0.15) is 0 Å². The zero-order valence-corrected chi connectivity index (χ0v) is 11.6. The van der Waals surface area contributed by atoms with E-state index in [0.717, 1.165) is 29.3 Å². The van der Waals surface area contributed by atoms with Crippen LogP contribution in [0, 0.1) is 0 Å². The standard InChI is InChI=1S/C17H21NO/c1-2-3-4-5-6-9-17(19)15-11-10-14-8-7-12-18-16(14)13-15/h7-8,10-13H,2-6,9H2,1H3. The third kappa shape index (κ3) is 3.88. The topological polar surface area (TPSA) is 30.0 Å². The first-order valence-electron chi connectivity index (χ1n) is 7.19. The molecule has 0 radical (unpaired) electrons. The molecule has 0 bridgehead atoms. The Hall–Kier alpha value is -1.70. The van der Waals surface area contributed by atoms with Crippen molar-refractivity contribution in [2.75, 3.05) is 0 Å². The molecule has 0 aliphatic heterocycles. The molecule has 0 saturated carbocycles. The summed E-state index contributed by atoms with van der Waals surface area (Å²) in [4.78, 5) is 16.4. The summed E-state index contributed by atoms with van der Waals surface area (Å²) in [7, 11) is 0. The van der Waals surface area contributed by atoms with Crippen LogP contribution in [-0.4, -0.2) is 10.8 Å². The lowest BCUT2D eigenvalue weighted by molar-refractivity contribution is 0.0979. The number of aromatic nitrogens is 1. The summed E-state index contributed by atoms with van der Waals surface area (Å²) in [6.07, 6.45) is 8.33. The van der Waals surface area contributed by atoms with Crippen LogP contribution in [0.3, 0.4) is 0 Å². The molecule has 0 unspecified atom stereocenters. The minimum atomic E-state index is 0.240. The van der Waals surface area contributed by atoms with Crippen LogP contribution in [0.5, 0.6) is 0 Å². The van der Waals surface area contributed by atoms with Crippen molar-refractivity contribution < 1.29 is 4.79 Å². The second-order valence-corrected chi connectivity index (χ2v) is 5.00. The van der Waals surface area contributed by atoms with Crippen LogP contribution in [-0.2, 0) is 0 Å². The number of unbranched alkanes of at least 4 members (excludes halogenated alkanes) is 4. The van der Waals surface area contributed by atoms with Crippen molar-refractivity contribution in [1.29, 1.82) is 0 Å². The van der Waals surface area contributed by atoms with Crippen molar-refractivity contribution in [2.45, 2.75) is 45.4 Å². The molecule has 100 valence electrons. The average Bonchev–Trinajstić information content (AvgIpc) is 2.46. The van der Waals surface area contributed by atoms with Gasteiger partial charge in [0.2, 0.25) is 0 Å². The van der Waals surface area contributed by atoms with E-state index in [1.165, 1.54) is 19.3 Å². The summed E-state index contributed by atoms with van der Waals surface area (Å²) in [5.41, 5.74) is 1.70. The fraction of sp³-hybridized carbons (Fsp3) is 0.412. The van der Waals surface area contributed by atoms with Crippen molar-refractivity contribution in [3.8, 4) is 0 Å². The number of Topliss-reactive ketones (excluding diaryl/α,β-unsaturated/α-hetero) is 1. The molecule has 2 rings (SSSR count). The van der Waals surface area contributed by atoms with Gasteiger partial charge in [-0.15, -0.1) is 0 Å². The minimum Gasteiger partial charge on any atom is -0.294 e. The number of hydrogen-bond acceptors (Lipinski definition) is 2. The molecule has 1 aromatic heterocycles. The highest BCUT2D eigenvalue weighted by Crippen LogP contribution is 2.16. The van der Waals surface area contributed by atoms with E-state index in [1.807, 2.05) is 30.3 Å². The van der Waals surface area contributed by atoms with Crippen LogP contribution >= 0.6 is 0 Å². The van der Waals surface area contributed by atoms with Crippen molar-refractivity contribution in [3.63, 3.8) is 0 Å². The highest BCUT2D eigenvalue weighted by atomic mass is 16.1. The summed E-state index contributed by atoms with van der Waals surface area (Å²) in [5, 5.41) is 1.09. The molecule has 1 aromatic carbocycles. The van der Waals surface area contributed by atoms with Gasteiger partial charge in [0.25, 0.3) is 0 Å². The smallest absolute Gasteiger partial charge is 0.162 e. The second kappa shape index (κ2) is 7.03. The van der Waals surface area contributed by atoms with E-state index in [4.69, 9.17) is 0 Å². The van der Waals surface area contributed by atoms with E-state index < -0.39 is 0 Å². The maximum atomic E-state index is 12.1. The summed E-state index contributed by atoms with van der Waals surface area (Å²) in [6.45, 7) is 2.20. The minimum absolute atomic E-state index is 0.240. The van der Waals surface area contributed by atoms with Gasteiger partial charge in [-0.3, -0.25) is 9.78 Å². The van der Waals surface area contributed by atoms with Crippen LogP contribution in [0.25, 0.3) is 10.9 Å². The lowest BCUT2D eigenvalue weighted by Gasteiger charge is -2.03. The van der Waals surface area contributed by atoms with Crippen molar-refractivity contribution in [3.05, 3.63) is 42.1 Å².